The summed E-state index contributed by atoms with van der Waals surface area (Å²) in [6, 6.07) is 4.36. The van der Waals surface area contributed by atoms with Crippen molar-refractivity contribution in [2.45, 2.75) is 32.1 Å². The van der Waals surface area contributed by atoms with E-state index >= 15 is 0 Å². The van der Waals surface area contributed by atoms with Crippen molar-refractivity contribution in [2.24, 2.45) is 5.73 Å². The van der Waals surface area contributed by atoms with Crippen molar-refractivity contribution in [3.8, 4) is 0 Å². The molecule has 0 saturated carbocycles. The molecule has 0 saturated heterocycles. The number of rotatable bonds is 5. The average Bonchev–Trinajstić information content (AvgIpc) is 2.52. The highest BCUT2D eigenvalue weighted by molar-refractivity contribution is 7.98. The van der Waals surface area contributed by atoms with Gasteiger partial charge in [-0.3, -0.25) is 0 Å². The van der Waals surface area contributed by atoms with Crippen molar-refractivity contribution in [2.75, 3.05) is 5.75 Å². The molecule has 1 aromatic heterocycles. The van der Waals surface area contributed by atoms with Crippen LogP contribution in [0.15, 0.2) is 16.5 Å². The maximum atomic E-state index is 5.64. The lowest BCUT2D eigenvalue weighted by atomic mass is 10.4. The largest absolute Gasteiger partial charge is 0.465 e. The van der Waals surface area contributed by atoms with Gasteiger partial charge in [-0.25, -0.2) is 0 Å². The fourth-order valence-corrected chi connectivity index (χ4v) is 1.88. The van der Waals surface area contributed by atoms with Gasteiger partial charge in [0.15, 0.2) is 0 Å². The highest BCUT2D eigenvalue weighted by Crippen LogP contribution is 2.15. The molecule has 0 aromatic carbocycles. The predicted octanol–water partition coefficient (Wildman–Crippen LogP) is 2.42. The Balaban J connectivity index is 2.28. The number of nitrogens with two attached hydrogens (primary N) is 1. The Bertz CT molecular complexity index is 245. The first-order valence-corrected chi connectivity index (χ1v) is 5.78. The molecule has 1 aromatic rings. The van der Waals surface area contributed by atoms with Crippen LogP contribution in [0.2, 0.25) is 0 Å². The quantitative estimate of drug-likeness (QED) is 0.791. The Morgan fingerprint density at radius 1 is 1.46 bits per heavy atom. The van der Waals surface area contributed by atoms with Gasteiger partial charge in [0.1, 0.15) is 11.5 Å². The summed E-state index contributed by atoms with van der Waals surface area (Å²) in [7, 11) is 0. The van der Waals surface area contributed by atoms with Crippen LogP contribution in [-0.2, 0) is 12.2 Å². The van der Waals surface area contributed by atoms with Gasteiger partial charge in [0.05, 0.1) is 5.75 Å². The molecule has 3 heteroatoms. The molecule has 0 amide bonds. The Labute approximate surface area is 83.9 Å². The molecule has 1 unspecified atom stereocenters. The van der Waals surface area contributed by atoms with Gasteiger partial charge in [-0.2, -0.15) is 11.8 Å². The first kappa shape index (κ1) is 10.7. The predicted molar refractivity (Wildman–Crippen MR) is 57.9 cm³/mol. The summed E-state index contributed by atoms with van der Waals surface area (Å²) < 4.78 is 5.55. The standard InChI is InChI=1S/C10H17NOS/c1-3-9-4-5-10(12-9)7-13-6-8(2)11/h4-5,8H,3,6-7,11H2,1-2H3. The number of aryl methyl sites for hydroxylation is 1. The summed E-state index contributed by atoms with van der Waals surface area (Å²) >= 11 is 1.82. The van der Waals surface area contributed by atoms with E-state index in [9.17, 15) is 0 Å². The third kappa shape index (κ3) is 3.87. The van der Waals surface area contributed by atoms with Gasteiger partial charge in [0.25, 0.3) is 0 Å². The van der Waals surface area contributed by atoms with Gasteiger partial charge in [0.2, 0.25) is 0 Å². The minimum Gasteiger partial charge on any atom is -0.465 e. The van der Waals surface area contributed by atoms with Gasteiger partial charge < -0.3 is 10.2 Å². The third-order valence-corrected chi connectivity index (χ3v) is 2.94. The second-order valence-corrected chi connectivity index (χ2v) is 4.24. The van der Waals surface area contributed by atoms with Crippen molar-refractivity contribution in [3.05, 3.63) is 23.7 Å². The molecule has 1 atom stereocenters. The molecule has 0 aliphatic heterocycles. The van der Waals surface area contributed by atoms with Crippen LogP contribution in [0.5, 0.6) is 0 Å². The minimum absolute atomic E-state index is 0.269. The monoisotopic (exact) mass is 199 g/mol. The Kier molecular flexibility index (Phi) is 4.39. The lowest BCUT2D eigenvalue weighted by Gasteiger charge is -2.02. The molecule has 1 rings (SSSR count). The zero-order valence-corrected chi connectivity index (χ0v) is 9.06. The lowest BCUT2D eigenvalue weighted by molar-refractivity contribution is 0.485. The molecule has 0 radical (unpaired) electrons. The number of thioether (sulfide) groups is 1. The smallest absolute Gasteiger partial charge is 0.114 e. The molecule has 0 fully saturated rings. The number of hydrogen-bond acceptors (Lipinski definition) is 3. The number of furan rings is 1. The molecule has 74 valence electrons. The van der Waals surface area contributed by atoms with Gasteiger partial charge in [-0.15, -0.1) is 0 Å². The van der Waals surface area contributed by atoms with Crippen LogP contribution in [-0.4, -0.2) is 11.8 Å². The van der Waals surface area contributed by atoms with E-state index in [1.165, 1.54) is 0 Å². The topological polar surface area (TPSA) is 39.2 Å². The van der Waals surface area contributed by atoms with Gasteiger partial charge in [-0.1, -0.05) is 6.92 Å². The van der Waals surface area contributed by atoms with Crippen LogP contribution < -0.4 is 5.73 Å². The van der Waals surface area contributed by atoms with Gasteiger partial charge in [0, 0.05) is 18.2 Å². The summed E-state index contributed by atoms with van der Waals surface area (Å²) in [6.45, 7) is 4.12. The van der Waals surface area contributed by atoms with Crippen LogP contribution in [0, 0.1) is 0 Å². The normalized spacial score (nSPS) is 13.2. The highest BCUT2D eigenvalue weighted by Gasteiger charge is 2.01. The summed E-state index contributed by atoms with van der Waals surface area (Å²) in [5, 5.41) is 0. The van der Waals surface area contributed by atoms with Crippen molar-refractivity contribution >= 4 is 11.8 Å². The highest BCUT2D eigenvalue weighted by atomic mass is 32.2. The molecule has 2 N–H and O–H groups in total. The SMILES string of the molecule is CCc1ccc(CSCC(C)N)o1. The fourth-order valence-electron chi connectivity index (χ4n) is 1.04. The van der Waals surface area contributed by atoms with Crippen molar-refractivity contribution in [1.82, 2.24) is 0 Å². The molecule has 13 heavy (non-hydrogen) atoms. The molecular weight excluding hydrogens is 182 g/mol. The summed E-state index contributed by atoms with van der Waals surface area (Å²) in [6.07, 6.45) is 0.970. The molecule has 0 bridgehead atoms. The maximum absolute atomic E-state index is 5.64. The molecule has 2 nitrogen and oxygen atoms in total. The van der Waals surface area contributed by atoms with E-state index in [-0.39, 0.29) is 6.04 Å². The second kappa shape index (κ2) is 5.35. The van der Waals surface area contributed by atoms with Crippen LogP contribution in [0.25, 0.3) is 0 Å². The second-order valence-electron chi connectivity index (χ2n) is 3.21. The molecule has 1 heterocycles. The summed E-state index contributed by atoms with van der Waals surface area (Å²) in [5.41, 5.74) is 5.64. The Morgan fingerprint density at radius 2 is 2.15 bits per heavy atom. The van der Waals surface area contributed by atoms with Crippen molar-refractivity contribution < 1.29 is 4.42 Å². The van der Waals surface area contributed by atoms with Crippen molar-refractivity contribution in [1.29, 1.82) is 0 Å². The summed E-state index contributed by atoms with van der Waals surface area (Å²) in [5.74, 6) is 4.04. The van der Waals surface area contributed by atoms with E-state index < -0.39 is 0 Å². The zero-order chi connectivity index (χ0) is 9.68. The zero-order valence-electron chi connectivity index (χ0n) is 8.25. The van der Waals surface area contributed by atoms with E-state index in [0.29, 0.717) is 0 Å². The maximum Gasteiger partial charge on any atom is 0.114 e. The van der Waals surface area contributed by atoms with Gasteiger partial charge in [-0.05, 0) is 19.1 Å². The van der Waals surface area contributed by atoms with E-state index in [1.54, 1.807) is 0 Å². The Morgan fingerprint density at radius 3 is 2.69 bits per heavy atom. The van der Waals surface area contributed by atoms with E-state index in [0.717, 1.165) is 29.4 Å². The van der Waals surface area contributed by atoms with Crippen LogP contribution >= 0.6 is 11.8 Å². The van der Waals surface area contributed by atoms with Crippen molar-refractivity contribution in [3.63, 3.8) is 0 Å². The van der Waals surface area contributed by atoms with Crippen LogP contribution in [0.4, 0.5) is 0 Å². The molecular formula is C10H17NOS. The minimum atomic E-state index is 0.269. The molecule has 0 aliphatic rings. The van der Waals surface area contributed by atoms with Gasteiger partial charge >= 0.3 is 0 Å². The molecule has 0 spiro atoms. The van der Waals surface area contributed by atoms with Crippen LogP contribution in [0.3, 0.4) is 0 Å². The average molecular weight is 199 g/mol. The van der Waals surface area contributed by atoms with Crippen LogP contribution in [0.1, 0.15) is 25.4 Å². The number of hydrogen-bond donors (Lipinski definition) is 1. The van der Waals surface area contributed by atoms with E-state index in [2.05, 4.69) is 6.92 Å². The Hall–Kier alpha value is -0.410. The fraction of sp³-hybridized carbons (Fsp3) is 0.600. The third-order valence-electron chi connectivity index (χ3n) is 1.69. The lowest BCUT2D eigenvalue weighted by Crippen LogP contribution is -2.17. The summed E-state index contributed by atoms with van der Waals surface area (Å²) in [4.78, 5) is 0. The van der Waals surface area contributed by atoms with E-state index in [1.807, 2.05) is 30.8 Å². The first-order chi connectivity index (χ1) is 6.22. The van der Waals surface area contributed by atoms with E-state index in [4.69, 9.17) is 10.2 Å². The first-order valence-electron chi connectivity index (χ1n) is 4.63. The molecule has 0 aliphatic carbocycles.